The summed E-state index contributed by atoms with van der Waals surface area (Å²) in [4.78, 5) is 0.406. The van der Waals surface area contributed by atoms with Crippen molar-refractivity contribution in [1.82, 2.24) is 5.32 Å². The van der Waals surface area contributed by atoms with E-state index in [1.54, 1.807) is 0 Å². The summed E-state index contributed by atoms with van der Waals surface area (Å²) in [6.07, 6.45) is 2.87. The van der Waals surface area contributed by atoms with Gasteiger partial charge in [-0.3, -0.25) is 5.32 Å². The first-order valence-electron chi connectivity index (χ1n) is 4.45. The molecular weight excluding hydrogens is 154 g/mol. The van der Waals surface area contributed by atoms with Gasteiger partial charge in [-0.2, -0.15) is 0 Å². The van der Waals surface area contributed by atoms with Crippen LogP contribution in [0.3, 0.4) is 0 Å². The number of nitrogens with one attached hydrogen (secondary N) is 1. The highest BCUT2D eigenvalue weighted by molar-refractivity contribution is 8.00. The fourth-order valence-electron chi connectivity index (χ4n) is 1.93. The quantitative estimate of drug-likeness (QED) is 0.649. The van der Waals surface area contributed by atoms with Gasteiger partial charge in [-0.15, -0.1) is 11.8 Å². The number of rotatable bonds is 1. The van der Waals surface area contributed by atoms with E-state index < -0.39 is 0 Å². The zero-order valence-corrected chi connectivity index (χ0v) is 8.42. The van der Waals surface area contributed by atoms with Crippen LogP contribution in [0.1, 0.15) is 33.6 Å². The van der Waals surface area contributed by atoms with E-state index in [0.717, 1.165) is 5.92 Å². The molecule has 1 aliphatic carbocycles. The van der Waals surface area contributed by atoms with Gasteiger partial charge in [-0.25, -0.2) is 0 Å². The topological polar surface area (TPSA) is 12.0 Å². The van der Waals surface area contributed by atoms with Gasteiger partial charge in [-0.05, 0) is 39.5 Å². The van der Waals surface area contributed by atoms with Gasteiger partial charge in [0.05, 0.1) is 4.87 Å². The molecule has 0 aromatic heterocycles. The largest absolute Gasteiger partial charge is 0.297 e. The predicted molar refractivity (Wildman–Crippen MR) is 50.8 cm³/mol. The van der Waals surface area contributed by atoms with Crippen LogP contribution in [0.15, 0.2) is 0 Å². The summed E-state index contributed by atoms with van der Waals surface area (Å²) in [7, 11) is 0. The molecule has 2 rings (SSSR count). The van der Waals surface area contributed by atoms with Crippen LogP contribution in [0.4, 0.5) is 0 Å². The fraction of sp³-hybridized carbons (Fsp3) is 1.00. The zero-order chi connectivity index (χ0) is 8.11. The Morgan fingerprint density at radius 1 is 1.27 bits per heavy atom. The molecule has 0 aromatic rings. The van der Waals surface area contributed by atoms with Crippen LogP contribution in [-0.4, -0.2) is 16.2 Å². The third kappa shape index (κ3) is 1.43. The average molecular weight is 171 g/mol. The Bertz CT molecular complexity index is 174. The lowest BCUT2D eigenvalue weighted by molar-refractivity contribution is 0.355. The maximum atomic E-state index is 3.73. The summed E-state index contributed by atoms with van der Waals surface area (Å²) < 4.78 is 0. The number of thioether (sulfide) groups is 1. The molecule has 1 aliphatic heterocycles. The van der Waals surface area contributed by atoms with E-state index in [1.807, 2.05) is 0 Å². The second-order valence-electron chi connectivity index (χ2n) is 4.68. The van der Waals surface area contributed by atoms with Crippen molar-refractivity contribution in [2.75, 3.05) is 5.75 Å². The van der Waals surface area contributed by atoms with Crippen molar-refractivity contribution in [2.45, 2.75) is 44.0 Å². The van der Waals surface area contributed by atoms with Gasteiger partial charge in [-0.1, -0.05) is 0 Å². The van der Waals surface area contributed by atoms with Gasteiger partial charge >= 0.3 is 0 Å². The molecule has 0 amide bonds. The molecule has 0 aromatic carbocycles. The van der Waals surface area contributed by atoms with E-state index in [4.69, 9.17) is 0 Å². The van der Waals surface area contributed by atoms with E-state index in [-0.39, 0.29) is 0 Å². The highest BCUT2D eigenvalue weighted by Gasteiger charge is 2.49. The van der Waals surface area contributed by atoms with Crippen LogP contribution >= 0.6 is 11.8 Å². The lowest BCUT2D eigenvalue weighted by Crippen LogP contribution is -2.46. The molecule has 2 fully saturated rings. The highest BCUT2D eigenvalue weighted by Crippen LogP contribution is 2.50. The Balaban J connectivity index is 2.06. The SMILES string of the molecule is CC1(C)CSC(C)(C2CC2)N1. The van der Waals surface area contributed by atoms with E-state index >= 15 is 0 Å². The van der Waals surface area contributed by atoms with Gasteiger partial charge in [0.25, 0.3) is 0 Å². The molecule has 11 heavy (non-hydrogen) atoms. The summed E-state index contributed by atoms with van der Waals surface area (Å²) in [5.41, 5.74) is 0.363. The molecule has 1 nitrogen and oxygen atoms in total. The first-order chi connectivity index (χ1) is 5.02. The van der Waals surface area contributed by atoms with Crippen molar-refractivity contribution >= 4 is 11.8 Å². The average Bonchev–Trinajstić information content (AvgIpc) is 2.61. The number of hydrogen-bond donors (Lipinski definition) is 1. The molecule has 1 atom stereocenters. The Hall–Kier alpha value is 0.310. The van der Waals surface area contributed by atoms with E-state index in [0.29, 0.717) is 10.4 Å². The summed E-state index contributed by atoms with van der Waals surface area (Å²) in [5.74, 6) is 2.22. The Morgan fingerprint density at radius 3 is 2.27 bits per heavy atom. The normalized spacial score (nSPS) is 42.8. The molecule has 0 bridgehead atoms. The van der Waals surface area contributed by atoms with Gasteiger partial charge in [0, 0.05) is 11.3 Å². The van der Waals surface area contributed by atoms with Crippen molar-refractivity contribution in [3.63, 3.8) is 0 Å². The van der Waals surface area contributed by atoms with Gasteiger partial charge < -0.3 is 0 Å². The molecule has 1 heterocycles. The summed E-state index contributed by atoms with van der Waals surface area (Å²) in [6, 6.07) is 0. The van der Waals surface area contributed by atoms with Crippen LogP contribution in [0, 0.1) is 5.92 Å². The molecule has 64 valence electrons. The van der Waals surface area contributed by atoms with Crippen molar-refractivity contribution in [2.24, 2.45) is 5.92 Å². The zero-order valence-electron chi connectivity index (χ0n) is 7.61. The maximum absolute atomic E-state index is 3.73. The predicted octanol–water partition coefficient (Wildman–Crippen LogP) is 2.23. The standard InChI is InChI=1S/C9H17NS/c1-8(2)6-11-9(3,10-8)7-4-5-7/h7,10H,4-6H2,1-3H3. The lowest BCUT2D eigenvalue weighted by atomic mass is 10.1. The molecule has 1 unspecified atom stereocenters. The van der Waals surface area contributed by atoms with Crippen molar-refractivity contribution in [3.05, 3.63) is 0 Å². The molecule has 2 heteroatoms. The molecule has 1 saturated carbocycles. The highest BCUT2D eigenvalue weighted by atomic mass is 32.2. The maximum Gasteiger partial charge on any atom is 0.0650 e. The van der Waals surface area contributed by atoms with Crippen molar-refractivity contribution in [3.8, 4) is 0 Å². The van der Waals surface area contributed by atoms with Crippen molar-refractivity contribution < 1.29 is 0 Å². The third-order valence-corrected chi connectivity index (χ3v) is 4.58. The molecule has 0 spiro atoms. The lowest BCUT2D eigenvalue weighted by Gasteiger charge is -2.27. The molecule has 0 radical (unpaired) electrons. The van der Waals surface area contributed by atoms with E-state index in [1.165, 1.54) is 18.6 Å². The molecule has 2 aliphatic rings. The Labute approximate surface area is 73.3 Å². The van der Waals surface area contributed by atoms with Crippen LogP contribution in [0.2, 0.25) is 0 Å². The monoisotopic (exact) mass is 171 g/mol. The first-order valence-corrected chi connectivity index (χ1v) is 5.44. The summed E-state index contributed by atoms with van der Waals surface area (Å²) in [6.45, 7) is 6.96. The first kappa shape index (κ1) is 7.93. The van der Waals surface area contributed by atoms with Gasteiger partial charge in [0.15, 0.2) is 0 Å². The molecular formula is C9H17NS. The summed E-state index contributed by atoms with van der Waals surface area (Å²) >= 11 is 2.11. The van der Waals surface area contributed by atoms with Crippen LogP contribution < -0.4 is 5.32 Å². The second kappa shape index (κ2) is 2.17. The minimum Gasteiger partial charge on any atom is -0.297 e. The van der Waals surface area contributed by atoms with Crippen LogP contribution in [0.25, 0.3) is 0 Å². The van der Waals surface area contributed by atoms with E-state index in [9.17, 15) is 0 Å². The summed E-state index contributed by atoms with van der Waals surface area (Å²) in [5, 5.41) is 3.73. The molecule has 1 saturated heterocycles. The Morgan fingerprint density at radius 2 is 1.91 bits per heavy atom. The molecule has 1 N–H and O–H groups in total. The smallest absolute Gasteiger partial charge is 0.0650 e. The number of hydrogen-bond acceptors (Lipinski definition) is 2. The van der Waals surface area contributed by atoms with Gasteiger partial charge in [0.2, 0.25) is 0 Å². The minimum absolute atomic E-state index is 0.363. The fourth-order valence-corrected chi connectivity index (χ4v) is 3.48. The van der Waals surface area contributed by atoms with Crippen LogP contribution in [0.5, 0.6) is 0 Å². The van der Waals surface area contributed by atoms with Crippen molar-refractivity contribution in [1.29, 1.82) is 0 Å². The van der Waals surface area contributed by atoms with Crippen LogP contribution in [-0.2, 0) is 0 Å². The third-order valence-electron chi connectivity index (χ3n) is 2.68. The van der Waals surface area contributed by atoms with Gasteiger partial charge in [0.1, 0.15) is 0 Å². The Kier molecular flexibility index (Phi) is 1.56. The minimum atomic E-state index is 0.363. The second-order valence-corrected chi connectivity index (χ2v) is 6.10. The van der Waals surface area contributed by atoms with E-state index in [2.05, 4.69) is 37.8 Å².